The predicted molar refractivity (Wildman–Crippen MR) is 107 cm³/mol. The second-order valence-electron chi connectivity index (χ2n) is 5.98. The van der Waals surface area contributed by atoms with Gasteiger partial charge in [-0.15, -0.1) is 0 Å². The van der Waals surface area contributed by atoms with Crippen molar-refractivity contribution >= 4 is 22.9 Å². The summed E-state index contributed by atoms with van der Waals surface area (Å²) < 4.78 is 5.51. The van der Waals surface area contributed by atoms with E-state index in [0.717, 1.165) is 16.3 Å². The minimum absolute atomic E-state index is 0.295. The minimum Gasteiger partial charge on any atom is -0.496 e. The van der Waals surface area contributed by atoms with Crippen LogP contribution in [0.25, 0.3) is 22.0 Å². The molecule has 0 atom stereocenters. The fourth-order valence-electron chi connectivity index (χ4n) is 2.92. The SMILES string of the molecule is COc1ccc2ccccc2c1-c1cc(C(=O)NN=Cc2ccccn2)[nH]n1. The third-order valence-corrected chi connectivity index (χ3v) is 4.24. The molecule has 0 aliphatic heterocycles. The fraction of sp³-hybridized carbons (Fsp3) is 0.0476. The maximum Gasteiger partial charge on any atom is 0.289 e. The van der Waals surface area contributed by atoms with Gasteiger partial charge in [0.05, 0.1) is 30.3 Å². The van der Waals surface area contributed by atoms with E-state index in [9.17, 15) is 4.79 Å². The summed E-state index contributed by atoms with van der Waals surface area (Å²) >= 11 is 0. The van der Waals surface area contributed by atoms with Gasteiger partial charge in [-0.25, -0.2) is 5.43 Å². The van der Waals surface area contributed by atoms with Crippen LogP contribution in [0.3, 0.4) is 0 Å². The van der Waals surface area contributed by atoms with Gasteiger partial charge in [0.2, 0.25) is 0 Å². The average Bonchev–Trinajstić information content (AvgIpc) is 3.23. The molecule has 28 heavy (non-hydrogen) atoms. The number of hydrogen-bond donors (Lipinski definition) is 2. The Balaban J connectivity index is 1.60. The van der Waals surface area contributed by atoms with Crippen LogP contribution in [0.15, 0.2) is 72.0 Å². The number of benzene rings is 2. The summed E-state index contributed by atoms with van der Waals surface area (Å²) in [5.74, 6) is 0.287. The van der Waals surface area contributed by atoms with Crippen molar-refractivity contribution < 1.29 is 9.53 Å². The molecule has 0 saturated carbocycles. The number of H-pyrrole nitrogens is 1. The molecule has 0 bridgehead atoms. The van der Waals surface area contributed by atoms with Gasteiger partial charge in [-0.1, -0.05) is 36.4 Å². The summed E-state index contributed by atoms with van der Waals surface area (Å²) in [6.07, 6.45) is 3.13. The molecule has 4 rings (SSSR count). The lowest BCUT2D eigenvalue weighted by atomic mass is 10.0. The molecule has 0 fully saturated rings. The Kier molecular flexibility index (Phi) is 4.79. The zero-order valence-corrected chi connectivity index (χ0v) is 15.1. The number of amides is 1. The molecule has 0 radical (unpaired) electrons. The lowest BCUT2D eigenvalue weighted by Crippen LogP contribution is -2.18. The van der Waals surface area contributed by atoms with Crippen LogP contribution < -0.4 is 10.2 Å². The number of hydrogen-bond acceptors (Lipinski definition) is 5. The Hall–Kier alpha value is -4.00. The maximum atomic E-state index is 12.3. The first-order chi connectivity index (χ1) is 13.8. The van der Waals surface area contributed by atoms with E-state index in [1.54, 1.807) is 25.4 Å². The Morgan fingerprint density at radius 1 is 1.14 bits per heavy atom. The molecular formula is C21H17N5O2. The quantitative estimate of drug-likeness (QED) is 0.415. The highest BCUT2D eigenvalue weighted by Crippen LogP contribution is 2.36. The van der Waals surface area contributed by atoms with Crippen molar-refractivity contribution in [1.82, 2.24) is 20.6 Å². The number of hydrazone groups is 1. The third-order valence-electron chi connectivity index (χ3n) is 4.24. The highest BCUT2D eigenvalue weighted by molar-refractivity contribution is 6.00. The summed E-state index contributed by atoms with van der Waals surface area (Å²) in [6, 6.07) is 18.9. The van der Waals surface area contributed by atoms with Crippen LogP contribution in [0.5, 0.6) is 5.75 Å². The number of nitrogens with zero attached hydrogens (tertiary/aromatic N) is 3. The number of aromatic nitrogens is 3. The van der Waals surface area contributed by atoms with E-state index in [0.29, 0.717) is 22.8 Å². The molecule has 0 spiro atoms. The second-order valence-corrected chi connectivity index (χ2v) is 5.98. The molecule has 7 heteroatoms. The van der Waals surface area contributed by atoms with E-state index in [2.05, 4.69) is 25.7 Å². The first kappa shape index (κ1) is 17.4. The monoisotopic (exact) mass is 371 g/mol. The Morgan fingerprint density at radius 3 is 2.82 bits per heavy atom. The zero-order chi connectivity index (χ0) is 19.3. The molecule has 2 heterocycles. The normalized spacial score (nSPS) is 11.0. The second kappa shape index (κ2) is 7.71. The van der Waals surface area contributed by atoms with E-state index in [1.165, 1.54) is 6.21 Å². The van der Waals surface area contributed by atoms with Crippen molar-refractivity contribution in [2.24, 2.45) is 5.10 Å². The van der Waals surface area contributed by atoms with Gasteiger partial charge in [-0.05, 0) is 35.0 Å². The molecule has 0 saturated heterocycles. The summed E-state index contributed by atoms with van der Waals surface area (Å²) in [6.45, 7) is 0. The Morgan fingerprint density at radius 2 is 2.00 bits per heavy atom. The molecule has 1 amide bonds. The number of nitrogens with one attached hydrogen (secondary N) is 2. The van der Waals surface area contributed by atoms with E-state index >= 15 is 0 Å². The van der Waals surface area contributed by atoms with Crippen molar-refractivity contribution in [2.45, 2.75) is 0 Å². The highest BCUT2D eigenvalue weighted by Gasteiger charge is 2.16. The van der Waals surface area contributed by atoms with Crippen molar-refractivity contribution in [3.63, 3.8) is 0 Å². The molecule has 2 aromatic heterocycles. The lowest BCUT2D eigenvalue weighted by molar-refractivity contribution is 0.0950. The van der Waals surface area contributed by atoms with Crippen molar-refractivity contribution in [3.05, 3.63) is 78.2 Å². The number of carbonyl (C=O) groups is 1. The van der Waals surface area contributed by atoms with Gasteiger partial charge in [0, 0.05) is 6.20 Å². The van der Waals surface area contributed by atoms with Gasteiger partial charge < -0.3 is 4.74 Å². The van der Waals surface area contributed by atoms with Crippen LogP contribution in [0.1, 0.15) is 16.2 Å². The lowest BCUT2D eigenvalue weighted by Gasteiger charge is -2.09. The number of rotatable bonds is 5. The minimum atomic E-state index is -0.398. The standard InChI is InChI=1S/C21H17N5O2/c1-28-19-10-9-14-6-2-3-8-16(14)20(19)17-12-18(25-24-17)21(27)26-23-13-15-7-4-5-11-22-15/h2-13H,1H3,(H,24,25)(H,26,27). The van der Waals surface area contributed by atoms with Gasteiger partial charge in [-0.2, -0.15) is 10.2 Å². The first-order valence-corrected chi connectivity index (χ1v) is 8.62. The number of methoxy groups -OCH3 is 1. The van der Waals surface area contributed by atoms with E-state index in [4.69, 9.17) is 4.74 Å². The van der Waals surface area contributed by atoms with Crippen LogP contribution >= 0.6 is 0 Å². The zero-order valence-electron chi connectivity index (χ0n) is 15.1. The molecule has 2 aromatic carbocycles. The Bertz CT molecular complexity index is 1150. The number of pyridine rings is 1. The molecule has 2 N–H and O–H groups in total. The number of aromatic amines is 1. The fourth-order valence-corrected chi connectivity index (χ4v) is 2.92. The van der Waals surface area contributed by atoms with Gasteiger partial charge in [0.25, 0.3) is 5.91 Å². The van der Waals surface area contributed by atoms with Gasteiger partial charge >= 0.3 is 0 Å². The summed E-state index contributed by atoms with van der Waals surface area (Å²) in [5, 5.41) is 13.0. The van der Waals surface area contributed by atoms with Gasteiger partial charge in [0.15, 0.2) is 0 Å². The summed E-state index contributed by atoms with van der Waals surface area (Å²) in [7, 11) is 1.61. The molecular weight excluding hydrogens is 354 g/mol. The predicted octanol–water partition coefficient (Wildman–Crippen LogP) is 3.40. The maximum absolute atomic E-state index is 12.3. The third kappa shape index (κ3) is 3.45. The number of fused-ring (bicyclic) bond motifs is 1. The van der Waals surface area contributed by atoms with Crippen LogP contribution in [0.2, 0.25) is 0 Å². The van der Waals surface area contributed by atoms with Crippen LogP contribution in [0, 0.1) is 0 Å². The summed E-state index contributed by atoms with van der Waals surface area (Å²) in [4.78, 5) is 16.5. The van der Waals surface area contributed by atoms with Crippen LogP contribution in [-0.2, 0) is 0 Å². The number of ether oxygens (including phenoxy) is 1. The first-order valence-electron chi connectivity index (χ1n) is 8.62. The molecule has 138 valence electrons. The summed E-state index contributed by atoms with van der Waals surface area (Å²) in [5.41, 5.74) is 4.85. The highest BCUT2D eigenvalue weighted by atomic mass is 16.5. The molecule has 4 aromatic rings. The van der Waals surface area contributed by atoms with Crippen molar-refractivity contribution in [3.8, 4) is 17.0 Å². The molecule has 0 aliphatic carbocycles. The molecule has 0 unspecified atom stereocenters. The average molecular weight is 371 g/mol. The van der Waals surface area contributed by atoms with Crippen LogP contribution in [-0.4, -0.2) is 34.4 Å². The molecule has 7 nitrogen and oxygen atoms in total. The van der Waals surface area contributed by atoms with Crippen LogP contribution in [0.4, 0.5) is 0 Å². The molecule has 0 aliphatic rings. The smallest absolute Gasteiger partial charge is 0.289 e. The number of carbonyl (C=O) groups excluding carboxylic acids is 1. The Labute approximate surface area is 161 Å². The van der Waals surface area contributed by atoms with Crippen molar-refractivity contribution in [2.75, 3.05) is 7.11 Å². The van der Waals surface area contributed by atoms with Crippen molar-refractivity contribution in [1.29, 1.82) is 0 Å². The van der Waals surface area contributed by atoms with Gasteiger partial charge in [0.1, 0.15) is 11.4 Å². The largest absolute Gasteiger partial charge is 0.496 e. The van der Waals surface area contributed by atoms with E-state index in [-0.39, 0.29) is 0 Å². The van der Waals surface area contributed by atoms with E-state index in [1.807, 2.05) is 48.5 Å². The topological polar surface area (TPSA) is 92.3 Å². The van der Waals surface area contributed by atoms with E-state index < -0.39 is 5.91 Å². The van der Waals surface area contributed by atoms with Gasteiger partial charge in [-0.3, -0.25) is 14.9 Å².